The van der Waals surface area contributed by atoms with Crippen molar-refractivity contribution in [3.05, 3.63) is 59.2 Å². The van der Waals surface area contributed by atoms with E-state index in [0.717, 1.165) is 5.02 Å². The number of H-pyrrole nitrogens is 1. The number of fused-ring (bicyclic) bond motifs is 1. The maximum absolute atomic E-state index is 5.90. The van der Waals surface area contributed by atoms with Gasteiger partial charge in [0, 0.05) is 31.4 Å². The van der Waals surface area contributed by atoms with Gasteiger partial charge in [0.05, 0.1) is 0 Å². The normalized spacial score (nSPS) is 11.0. The monoisotopic (exact) mass is 273 g/mol. The van der Waals surface area contributed by atoms with Gasteiger partial charge in [-0.2, -0.15) is 0 Å². The van der Waals surface area contributed by atoms with Crippen LogP contribution in [0.3, 0.4) is 0 Å². The third-order valence-electron chi connectivity index (χ3n) is 2.87. The van der Waals surface area contributed by atoms with Crippen LogP contribution in [0.1, 0.15) is 5.69 Å². The van der Waals surface area contributed by atoms with Crippen LogP contribution in [0.4, 0.5) is 0 Å². The zero-order chi connectivity index (χ0) is 12.5. The fraction of sp³-hybridized carbons (Fsp3) is 0.0667. The van der Waals surface area contributed by atoms with Crippen molar-refractivity contribution in [3.63, 3.8) is 0 Å². The summed E-state index contributed by atoms with van der Waals surface area (Å²) in [6.45, 7) is 2.11. The molecule has 0 aliphatic carbocycles. The molecule has 90 valence electrons. The van der Waals surface area contributed by atoms with Gasteiger partial charge in [0.1, 0.15) is 0 Å². The molecule has 18 heavy (non-hydrogen) atoms. The van der Waals surface area contributed by atoms with E-state index >= 15 is 0 Å². The molecule has 3 heteroatoms. The molecular weight excluding hydrogens is 262 g/mol. The minimum atomic E-state index is 0.773. The molecule has 0 spiro atoms. The Balaban J connectivity index is 2.04. The molecule has 1 nitrogen and oxygen atoms in total. The van der Waals surface area contributed by atoms with Crippen molar-refractivity contribution >= 4 is 34.3 Å². The quantitative estimate of drug-likeness (QED) is 0.671. The third kappa shape index (κ3) is 2.14. The first-order chi connectivity index (χ1) is 8.74. The lowest BCUT2D eigenvalue weighted by Crippen LogP contribution is -1.75. The predicted octanol–water partition coefficient (Wildman–Crippen LogP) is 5.28. The maximum Gasteiger partial charge on any atom is 0.0467 e. The van der Waals surface area contributed by atoms with Crippen LogP contribution in [-0.4, -0.2) is 4.98 Å². The van der Waals surface area contributed by atoms with E-state index in [0.29, 0.717) is 0 Å². The van der Waals surface area contributed by atoms with E-state index in [2.05, 4.69) is 36.2 Å². The molecule has 0 saturated heterocycles. The Bertz CT molecular complexity index is 685. The fourth-order valence-corrected chi connectivity index (χ4v) is 3.13. The van der Waals surface area contributed by atoms with Gasteiger partial charge >= 0.3 is 0 Å². The summed E-state index contributed by atoms with van der Waals surface area (Å²) in [5.41, 5.74) is 2.39. The Morgan fingerprint density at radius 2 is 1.72 bits per heavy atom. The zero-order valence-electron chi connectivity index (χ0n) is 9.91. The van der Waals surface area contributed by atoms with Crippen LogP contribution in [0.25, 0.3) is 10.9 Å². The molecule has 0 radical (unpaired) electrons. The molecule has 2 aromatic carbocycles. The summed E-state index contributed by atoms with van der Waals surface area (Å²) < 4.78 is 0. The highest BCUT2D eigenvalue weighted by atomic mass is 35.5. The average molecular weight is 274 g/mol. The van der Waals surface area contributed by atoms with Crippen molar-refractivity contribution in [1.82, 2.24) is 4.98 Å². The largest absolute Gasteiger partial charge is 0.358 e. The van der Waals surface area contributed by atoms with Gasteiger partial charge in [0.25, 0.3) is 0 Å². The molecule has 1 heterocycles. The lowest BCUT2D eigenvalue weighted by Gasteiger charge is -2.02. The fourth-order valence-electron chi connectivity index (χ4n) is 2.00. The number of nitrogens with one attached hydrogen (secondary N) is 1. The molecule has 1 aromatic heterocycles. The van der Waals surface area contributed by atoms with Crippen LogP contribution in [0, 0.1) is 6.92 Å². The smallest absolute Gasteiger partial charge is 0.0467 e. The number of para-hydroxylation sites is 1. The number of hydrogen-bond acceptors (Lipinski definition) is 1. The molecule has 0 fully saturated rings. The second kappa shape index (κ2) is 4.71. The van der Waals surface area contributed by atoms with E-state index in [-0.39, 0.29) is 0 Å². The highest BCUT2D eigenvalue weighted by molar-refractivity contribution is 7.99. The van der Waals surface area contributed by atoms with Crippen molar-refractivity contribution in [1.29, 1.82) is 0 Å². The number of aryl methyl sites for hydroxylation is 1. The molecular formula is C15H12ClNS. The molecule has 0 atom stereocenters. The van der Waals surface area contributed by atoms with Gasteiger partial charge in [-0.25, -0.2) is 0 Å². The number of benzene rings is 2. The summed E-state index contributed by atoms with van der Waals surface area (Å²) in [6.07, 6.45) is 0. The van der Waals surface area contributed by atoms with Gasteiger partial charge in [-0.1, -0.05) is 41.6 Å². The van der Waals surface area contributed by atoms with Gasteiger partial charge in [-0.3, -0.25) is 0 Å². The van der Waals surface area contributed by atoms with Crippen LogP contribution in [-0.2, 0) is 0 Å². The van der Waals surface area contributed by atoms with E-state index < -0.39 is 0 Å². The summed E-state index contributed by atoms with van der Waals surface area (Å²) in [5.74, 6) is 0. The van der Waals surface area contributed by atoms with Crippen molar-refractivity contribution in [2.75, 3.05) is 0 Å². The first-order valence-corrected chi connectivity index (χ1v) is 6.94. The Kier molecular flexibility index (Phi) is 3.06. The third-order valence-corrected chi connectivity index (χ3v) is 4.36. The summed E-state index contributed by atoms with van der Waals surface area (Å²) in [7, 11) is 0. The molecule has 0 bridgehead atoms. The number of aromatic nitrogens is 1. The highest BCUT2D eigenvalue weighted by Crippen LogP contribution is 2.36. The highest BCUT2D eigenvalue weighted by Gasteiger charge is 2.09. The van der Waals surface area contributed by atoms with E-state index in [1.165, 1.54) is 26.4 Å². The van der Waals surface area contributed by atoms with Gasteiger partial charge in [0.2, 0.25) is 0 Å². The SMILES string of the molecule is Cc1[nH]c2ccccc2c1Sc1ccc(Cl)cc1. The lowest BCUT2D eigenvalue weighted by atomic mass is 10.2. The Morgan fingerprint density at radius 3 is 2.50 bits per heavy atom. The zero-order valence-corrected chi connectivity index (χ0v) is 11.5. The topological polar surface area (TPSA) is 15.8 Å². The first-order valence-electron chi connectivity index (χ1n) is 5.75. The van der Waals surface area contributed by atoms with E-state index in [1.807, 2.05) is 24.3 Å². The van der Waals surface area contributed by atoms with Crippen molar-refractivity contribution < 1.29 is 0 Å². The maximum atomic E-state index is 5.90. The molecule has 3 aromatic rings. The number of hydrogen-bond donors (Lipinski definition) is 1. The molecule has 0 saturated carbocycles. The van der Waals surface area contributed by atoms with Crippen LogP contribution in [0.2, 0.25) is 5.02 Å². The number of halogens is 1. The second-order valence-corrected chi connectivity index (χ2v) is 5.70. The van der Waals surface area contributed by atoms with Crippen molar-refractivity contribution in [3.8, 4) is 0 Å². The number of aromatic amines is 1. The summed E-state index contributed by atoms with van der Waals surface area (Å²) >= 11 is 7.67. The Morgan fingerprint density at radius 1 is 1.00 bits per heavy atom. The van der Waals surface area contributed by atoms with Gasteiger partial charge in [-0.15, -0.1) is 0 Å². The minimum absolute atomic E-state index is 0.773. The Labute approximate surface area is 115 Å². The molecule has 0 aliphatic heterocycles. The van der Waals surface area contributed by atoms with Crippen molar-refractivity contribution in [2.24, 2.45) is 0 Å². The van der Waals surface area contributed by atoms with Gasteiger partial charge in [-0.05, 0) is 37.3 Å². The Hall–Kier alpha value is -1.38. The summed E-state index contributed by atoms with van der Waals surface area (Å²) in [6, 6.07) is 16.3. The molecule has 0 amide bonds. The van der Waals surface area contributed by atoms with Crippen molar-refractivity contribution in [2.45, 2.75) is 16.7 Å². The van der Waals surface area contributed by atoms with Crippen LogP contribution < -0.4 is 0 Å². The van der Waals surface area contributed by atoms with E-state index in [9.17, 15) is 0 Å². The average Bonchev–Trinajstić information content (AvgIpc) is 2.69. The predicted molar refractivity (Wildman–Crippen MR) is 78.6 cm³/mol. The lowest BCUT2D eigenvalue weighted by molar-refractivity contribution is 1.23. The first kappa shape index (κ1) is 11.7. The molecule has 3 rings (SSSR count). The van der Waals surface area contributed by atoms with Gasteiger partial charge in [0.15, 0.2) is 0 Å². The second-order valence-electron chi connectivity index (χ2n) is 4.18. The molecule has 0 unspecified atom stereocenters. The standard InChI is InChI=1S/C15H12ClNS/c1-10-15(13-4-2-3-5-14(13)17-10)18-12-8-6-11(16)7-9-12/h2-9,17H,1H3. The van der Waals surface area contributed by atoms with Gasteiger partial charge < -0.3 is 4.98 Å². The van der Waals surface area contributed by atoms with Crippen LogP contribution >= 0.6 is 23.4 Å². The van der Waals surface area contributed by atoms with E-state index in [4.69, 9.17) is 11.6 Å². The molecule has 0 aliphatic rings. The van der Waals surface area contributed by atoms with Crippen LogP contribution in [0.15, 0.2) is 58.3 Å². The van der Waals surface area contributed by atoms with E-state index in [1.54, 1.807) is 11.8 Å². The molecule has 1 N–H and O–H groups in total. The van der Waals surface area contributed by atoms with Crippen LogP contribution in [0.5, 0.6) is 0 Å². The minimum Gasteiger partial charge on any atom is -0.358 e. The summed E-state index contributed by atoms with van der Waals surface area (Å²) in [5, 5.41) is 2.05. The summed E-state index contributed by atoms with van der Waals surface area (Å²) in [4.78, 5) is 5.90. The number of rotatable bonds is 2.